The normalized spacial score (nSPS) is 21.2. The zero-order valence-electron chi connectivity index (χ0n) is 21.3. The summed E-state index contributed by atoms with van der Waals surface area (Å²) in [4.78, 5) is 50.0. The molecule has 196 valence electrons. The van der Waals surface area contributed by atoms with E-state index >= 15 is 0 Å². The van der Waals surface area contributed by atoms with Gasteiger partial charge in [-0.25, -0.2) is 9.59 Å². The van der Waals surface area contributed by atoms with Crippen molar-refractivity contribution in [1.82, 2.24) is 15.1 Å². The van der Waals surface area contributed by atoms with Gasteiger partial charge in [0.25, 0.3) is 0 Å². The number of Topliss-reactive ketones (excluding diaryl/α,β-unsaturated/α-hetero) is 2. The van der Waals surface area contributed by atoms with E-state index in [0.717, 1.165) is 25.9 Å². The van der Waals surface area contributed by atoms with Crippen LogP contribution >= 0.6 is 0 Å². The molecule has 0 aromatic rings. The van der Waals surface area contributed by atoms with Crippen LogP contribution in [-0.2, 0) is 19.1 Å². The Labute approximate surface area is 201 Å². The SMILES string of the molecule is CC(C)(C)OC(=O)N1CCN(C(=O)OC(C)(C)C)[C@@H](C(=O)CO)C1.O=C(CO)[C@@H]1CCCNC1. The van der Waals surface area contributed by atoms with Crippen molar-refractivity contribution in [3.05, 3.63) is 0 Å². The molecule has 0 aromatic heterocycles. The zero-order chi connectivity index (χ0) is 26.1. The minimum absolute atomic E-state index is 0.0211. The second-order valence-corrected chi connectivity index (χ2v) is 10.4. The van der Waals surface area contributed by atoms with Gasteiger partial charge in [0, 0.05) is 25.6 Å². The number of aliphatic hydroxyl groups is 2. The van der Waals surface area contributed by atoms with Gasteiger partial charge >= 0.3 is 12.2 Å². The number of hydrogen-bond donors (Lipinski definition) is 3. The molecule has 34 heavy (non-hydrogen) atoms. The van der Waals surface area contributed by atoms with E-state index in [-0.39, 0.29) is 37.9 Å². The van der Waals surface area contributed by atoms with Crippen molar-refractivity contribution in [2.45, 2.75) is 71.6 Å². The Morgan fingerprint density at radius 3 is 1.91 bits per heavy atom. The molecule has 2 heterocycles. The number of aliphatic hydroxyl groups excluding tert-OH is 2. The number of nitrogens with one attached hydrogen (secondary N) is 1. The molecule has 2 rings (SSSR count). The number of hydrogen-bond acceptors (Lipinski definition) is 9. The summed E-state index contributed by atoms with van der Waals surface area (Å²) in [7, 11) is 0. The number of rotatable bonds is 4. The summed E-state index contributed by atoms with van der Waals surface area (Å²) in [6.07, 6.45) is 0.795. The maximum Gasteiger partial charge on any atom is 0.411 e. The monoisotopic (exact) mass is 487 g/mol. The van der Waals surface area contributed by atoms with Gasteiger partial charge in [0.05, 0.1) is 6.54 Å². The van der Waals surface area contributed by atoms with Crippen LogP contribution < -0.4 is 5.32 Å². The Morgan fingerprint density at radius 1 is 0.882 bits per heavy atom. The van der Waals surface area contributed by atoms with Crippen molar-refractivity contribution < 1.29 is 38.9 Å². The van der Waals surface area contributed by atoms with Crippen molar-refractivity contribution in [1.29, 1.82) is 0 Å². The highest BCUT2D eigenvalue weighted by Gasteiger charge is 2.39. The highest BCUT2D eigenvalue weighted by Crippen LogP contribution is 2.19. The molecular formula is C23H41N3O8. The lowest BCUT2D eigenvalue weighted by molar-refractivity contribution is -0.129. The van der Waals surface area contributed by atoms with Crippen LogP contribution in [-0.4, -0.2) is 107 Å². The van der Waals surface area contributed by atoms with E-state index in [0.29, 0.717) is 0 Å². The molecule has 2 saturated heterocycles. The highest BCUT2D eigenvalue weighted by molar-refractivity contribution is 5.89. The van der Waals surface area contributed by atoms with E-state index < -0.39 is 41.8 Å². The van der Waals surface area contributed by atoms with Crippen LogP contribution in [0.15, 0.2) is 0 Å². The van der Waals surface area contributed by atoms with Crippen molar-refractivity contribution in [3.63, 3.8) is 0 Å². The molecule has 2 fully saturated rings. The fraction of sp³-hybridized carbons (Fsp3) is 0.826. The molecule has 0 bridgehead atoms. The lowest BCUT2D eigenvalue weighted by Gasteiger charge is -2.40. The number of nitrogens with zero attached hydrogens (tertiary/aromatic N) is 2. The lowest BCUT2D eigenvalue weighted by atomic mass is 9.96. The fourth-order valence-corrected chi connectivity index (χ4v) is 3.45. The summed E-state index contributed by atoms with van der Waals surface area (Å²) in [5.41, 5.74) is -1.36. The van der Waals surface area contributed by atoms with Gasteiger partial charge in [0.2, 0.25) is 0 Å². The van der Waals surface area contributed by atoms with Crippen LogP contribution in [0, 0.1) is 5.92 Å². The number of carbonyl (C=O) groups is 4. The maximum absolute atomic E-state index is 12.3. The first kappa shape index (κ1) is 29.8. The van der Waals surface area contributed by atoms with Gasteiger partial charge in [-0.05, 0) is 60.9 Å². The maximum atomic E-state index is 12.3. The molecule has 11 nitrogen and oxygen atoms in total. The molecule has 0 radical (unpaired) electrons. The molecule has 2 amide bonds. The van der Waals surface area contributed by atoms with Crippen LogP contribution in [0.1, 0.15) is 54.4 Å². The molecule has 0 spiro atoms. The molecule has 3 N–H and O–H groups in total. The summed E-state index contributed by atoms with van der Waals surface area (Å²) in [5, 5.41) is 20.8. The van der Waals surface area contributed by atoms with Crippen molar-refractivity contribution >= 4 is 23.8 Å². The number of ketones is 2. The molecule has 0 aromatic carbocycles. The summed E-state index contributed by atoms with van der Waals surface area (Å²) >= 11 is 0. The Morgan fingerprint density at radius 2 is 1.44 bits per heavy atom. The quantitative estimate of drug-likeness (QED) is 0.527. The number of piperazine rings is 1. The van der Waals surface area contributed by atoms with Crippen molar-refractivity contribution in [3.8, 4) is 0 Å². The van der Waals surface area contributed by atoms with Gasteiger partial charge in [0.1, 0.15) is 30.5 Å². The Kier molecular flexibility index (Phi) is 11.4. The molecule has 2 aliphatic rings. The third-order valence-electron chi connectivity index (χ3n) is 5.10. The second-order valence-electron chi connectivity index (χ2n) is 10.4. The minimum Gasteiger partial charge on any atom is -0.444 e. The lowest BCUT2D eigenvalue weighted by Crippen LogP contribution is -2.60. The van der Waals surface area contributed by atoms with Gasteiger partial charge in [-0.15, -0.1) is 0 Å². The topological polar surface area (TPSA) is 146 Å². The minimum atomic E-state index is -0.953. The zero-order valence-corrected chi connectivity index (χ0v) is 21.3. The summed E-state index contributed by atoms with van der Waals surface area (Å²) in [6, 6.07) is -0.953. The molecule has 11 heteroatoms. The molecule has 0 saturated carbocycles. The van der Waals surface area contributed by atoms with Crippen LogP contribution in [0.25, 0.3) is 0 Å². The Bertz CT molecular complexity index is 708. The standard InChI is InChI=1S/C16H28N2O6.C7H13NO2/c1-15(2,3)23-13(21)17-7-8-18(11(9-17)12(20)10-19)14(22)24-16(4,5)6;9-5-7(10)6-2-1-3-8-4-6/h11,19H,7-10H2,1-6H3;6,8-9H,1-5H2/t11-;6-/m11/s1. The fourth-order valence-electron chi connectivity index (χ4n) is 3.45. The highest BCUT2D eigenvalue weighted by atomic mass is 16.6. The van der Waals surface area contributed by atoms with E-state index in [1.165, 1.54) is 9.80 Å². The number of carbonyl (C=O) groups excluding carboxylic acids is 4. The summed E-state index contributed by atoms with van der Waals surface area (Å²) in [5.74, 6) is -0.500. The van der Waals surface area contributed by atoms with E-state index in [4.69, 9.17) is 19.7 Å². The molecule has 2 atom stereocenters. The Balaban J connectivity index is 0.000000479. The molecule has 0 aliphatic carbocycles. The van der Waals surface area contributed by atoms with E-state index in [2.05, 4.69) is 5.32 Å². The average Bonchev–Trinajstić information content (AvgIpc) is 2.76. The van der Waals surface area contributed by atoms with Crippen LogP contribution in [0.4, 0.5) is 9.59 Å². The number of ether oxygens (including phenoxy) is 2. The van der Waals surface area contributed by atoms with Crippen molar-refractivity contribution in [2.24, 2.45) is 5.92 Å². The Hall–Kier alpha value is -2.24. The van der Waals surface area contributed by atoms with Crippen LogP contribution in [0.5, 0.6) is 0 Å². The average molecular weight is 488 g/mol. The van der Waals surface area contributed by atoms with Gasteiger partial charge in [0.15, 0.2) is 11.6 Å². The van der Waals surface area contributed by atoms with Crippen LogP contribution in [0.3, 0.4) is 0 Å². The van der Waals surface area contributed by atoms with E-state index in [9.17, 15) is 19.2 Å². The van der Waals surface area contributed by atoms with Crippen LogP contribution in [0.2, 0.25) is 0 Å². The van der Waals surface area contributed by atoms with Crippen molar-refractivity contribution in [2.75, 3.05) is 45.9 Å². The van der Waals surface area contributed by atoms with Gasteiger partial charge < -0.3 is 29.9 Å². The largest absolute Gasteiger partial charge is 0.444 e. The summed E-state index contributed by atoms with van der Waals surface area (Å²) < 4.78 is 10.6. The first-order chi connectivity index (χ1) is 15.7. The molecule has 2 aliphatic heterocycles. The van der Waals surface area contributed by atoms with E-state index in [1.807, 2.05) is 0 Å². The van der Waals surface area contributed by atoms with E-state index in [1.54, 1.807) is 41.5 Å². The summed E-state index contributed by atoms with van der Waals surface area (Å²) in [6.45, 7) is 11.5. The first-order valence-corrected chi connectivity index (χ1v) is 11.6. The predicted molar refractivity (Wildman–Crippen MR) is 124 cm³/mol. The van der Waals surface area contributed by atoms with Gasteiger partial charge in [-0.2, -0.15) is 0 Å². The number of amides is 2. The number of piperidine rings is 1. The van der Waals surface area contributed by atoms with Gasteiger partial charge in [-0.1, -0.05) is 0 Å². The molecular weight excluding hydrogens is 446 g/mol. The first-order valence-electron chi connectivity index (χ1n) is 11.6. The van der Waals surface area contributed by atoms with Gasteiger partial charge in [-0.3, -0.25) is 14.5 Å². The molecule has 0 unspecified atom stereocenters. The third-order valence-corrected chi connectivity index (χ3v) is 5.10. The second kappa shape index (κ2) is 13.0. The smallest absolute Gasteiger partial charge is 0.411 e. The third kappa shape index (κ3) is 10.4. The predicted octanol–water partition coefficient (Wildman–Crippen LogP) is 0.952.